The van der Waals surface area contributed by atoms with Crippen LogP contribution in [0.1, 0.15) is 43.1 Å². The van der Waals surface area contributed by atoms with Crippen molar-refractivity contribution in [2.75, 3.05) is 4.90 Å². The molecule has 4 heteroatoms. The number of anilines is 1. The molecule has 0 bridgehead atoms. The van der Waals surface area contributed by atoms with Crippen molar-refractivity contribution < 1.29 is 5.48 Å². The van der Waals surface area contributed by atoms with E-state index in [4.69, 9.17) is 10.5 Å². The van der Waals surface area contributed by atoms with E-state index in [1.165, 1.54) is 12.5 Å². The molecule has 5 rings (SSSR count). The maximum atomic E-state index is 8.51. The summed E-state index contributed by atoms with van der Waals surface area (Å²) in [5.41, 5.74) is 6.56. The molecule has 1 unspecified atom stereocenters. The van der Waals surface area contributed by atoms with Gasteiger partial charge in [0.15, 0.2) is 0 Å². The van der Waals surface area contributed by atoms with Gasteiger partial charge in [-0.25, -0.2) is 4.98 Å². The van der Waals surface area contributed by atoms with Gasteiger partial charge in [0.05, 0.1) is 23.8 Å². The summed E-state index contributed by atoms with van der Waals surface area (Å²) in [6, 6.07) is 10.7. The van der Waals surface area contributed by atoms with Crippen molar-refractivity contribution in [2.45, 2.75) is 46.2 Å². The molecule has 3 aromatic rings. The standard InChI is InChI=1S/C22H24N4/c1-14(2)24-11-12-25(16(24)4)22-15(3)9-10-19-17(22)13-21-23-18-7-5-6-8-20(18)26(19)21/h5-12,14,16H,13H2,1-4H3/t16-/m0/s1/i1D3,14D/t14?,16-. The molecule has 0 saturated carbocycles. The summed E-state index contributed by atoms with van der Waals surface area (Å²) in [6.07, 6.45) is 4.05. The van der Waals surface area contributed by atoms with Gasteiger partial charge >= 0.3 is 0 Å². The second kappa shape index (κ2) is 5.37. The summed E-state index contributed by atoms with van der Waals surface area (Å²) in [5.74, 6) is 1.01. The minimum absolute atomic E-state index is 0.289. The highest BCUT2D eigenvalue weighted by Crippen LogP contribution is 2.41. The van der Waals surface area contributed by atoms with Crippen molar-refractivity contribution >= 4 is 16.7 Å². The summed E-state index contributed by atoms with van der Waals surface area (Å²) < 4.78 is 34.1. The first kappa shape index (κ1) is 11.8. The Morgan fingerprint density at radius 2 is 2.08 bits per heavy atom. The normalized spacial score (nSPS) is 23.3. The summed E-state index contributed by atoms with van der Waals surface area (Å²) in [6.45, 7) is 3.05. The Labute approximate surface area is 160 Å². The van der Waals surface area contributed by atoms with Gasteiger partial charge in [0.1, 0.15) is 12.0 Å². The van der Waals surface area contributed by atoms with Gasteiger partial charge in [-0.15, -0.1) is 0 Å². The summed E-state index contributed by atoms with van der Waals surface area (Å²) in [7, 11) is 0. The molecule has 3 heterocycles. The Morgan fingerprint density at radius 3 is 2.92 bits per heavy atom. The van der Waals surface area contributed by atoms with Crippen LogP contribution in [0, 0.1) is 6.92 Å². The summed E-state index contributed by atoms with van der Waals surface area (Å²) in [5, 5.41) is 0. The van der Waals surface area contributed by atoms with Crippen molar-refractivity contribution in [2.24, 2.45) is 0 Å². The minimum Gasteiger partial charge on any atom is -0.353 e. The number of imidazole rings is 1. The van der Waals surface area contributed by atoms with E-state index in [1.54, 1.807) is 11.1 Å². The number of para-hydroxylation sites is 2. The fourth-order valence-corrected chi connectivity index (χ4v) is 4.29. The minimum atomic E-state index is -2.42. The molecule has 0 amide bonds. The highest BCUT2D eigenvalue weighted by molar-refractivity contribution is 5.82. The first-order valence-corrected chi connectivity index (χ1v) is 8.95. The second-order valence-electron chi connectivity index (χ2n) is 7.09. The summed E-state index contributed by atoms with van der Waals surface area (Å²) in [4.78, 5) is 8.52. The Bertz CT molecular complexity index is 1190. The van der Waals surface area contributed by atoms with Gasteiger partial charge in [-0.1, -0.05) is 18.2 Å². The second-order valence-corrected chi connectivity index (χ2v) is 7.09. The van der Waals surface area contributed by atoms with Gasteiger partial charge in [-0.3, -0.25) is 4.57 Å². The van der Waals surface area contributed by atoms with E-state index in [0.29, 0.717) is 0 Å². The monoisotopic (exact) mass is 348 g/mol. The number of benzene rings is 2. The highest BCUT2D eigenvalue weighted by Gasteiger charge is 2.32. The number of aromatic nitrogens is 2. The van der Waals surface area contributed by atoms with Crippen LogP contribution < -0.4 is 4.90 Å². The molecule has 1 aromatic heterocycles. The first-order valence-electron chi connectivity index (χ1n) is 11.0. The molecule has 0 fully saturated rings. The van der Waals surface area contributed by atoms with E-state index < -0.39 is 12.9 Å². The molecule has 0 radical (unpaired) electrons. The molecule has 4 nitrogen and oxygen atoms in total. The number of hydrogen-bond acceptors (Lipinski definition) is 3. The van der Waals surface area contributed by atoms with Crippen LogP contribution in [0.2, 0.25) is 0 Å². The molecule has 26 heavy (non-hydrogen) atoms. The maximum Gasteiger partial charge on any atom is 0.119 e. The molecular formula is C22H24N4. The van der Waals surface area contributed by atoms with Crippen LogP contribution >= 0.6 is 0 Å². The predicted octanol–water partition coefficient (Wildman–Crippen LogP) is 4.59. The van der Waals surface area contributed by atoms with Crippen molar-refractivity contribution in [3.63, 3.8) is 0 Å². The Morgan fingerprint density at radius 1 is 1.23 bits per heavy atom. The number of hydrogen-bond donors (Lipinski definition) is 0. The number of aryl methyl sites for hydroxylation is 1. The molecule has 2 atom stereocenters. The molecule has 132 valence electrons. The lowest BCUT2D eigenvalue weighted by Gasteiger charge is -2.34. The lowest BCUT2D eigenvalue weighted by molar-refractivity contribution is 0.263. The van der Waals surface area contributed by atoms with Gasteiger partial charge in [0.25, 0.3) is 0 Å². The van der Waals surface area contributed by atoms with Crippen molar-refractivity contribution in [3.05, 3.63) is 65.7 Å². The number of fused-ring (bicyclic) bond motifs is 5. The Hall–Kier alpha value is -2.75. The van der Waals surface area contributed by atoms with Gasteiger partial charge in [-0.05, 0) is 51.4 Å². The predicted molar refractivity (Wildman–Crippen MR) is 107 cm³/mol. The fraction of sp³-hybridized carbons (Fsp3) is 0.318. The van der Waals surface area contributed by atoms with Crippen molar-refractivity contribution in [1.29, 1.82) is 0 Å². The van der Waals surface area contributed by atoms with E-state index in [9.17, 15) is 0 Å². The van der Waals surface area contributed by atoms with Gasteiger partial charge < -0.3 is 9.80 Å². The van der Waals surface area contributed by atoms with E-state index in [0.717, 1.165) is 40.2 Å². The molecule has 0 spiro atoms. The zero-order valence-corrected chi connectivity index (χ0v) is 15.2. The van der Waals surface area contributed by atoms with Crippen LogP contribution in [0.5, 0.6) is 0 Å². The van der Waals surface area contributed by atoms with Gasteiger partial charge in [-0.2, -0.15) is 0 Å². The number of rotatable bonds is 2. The quantitative estimate of drug-likeness (QED) is 0.530. The van der Waals surface area contributed by atoms with Gasteiger partial charge in [0.2, 0.25) is 0 Å². The van der Waals surface area contributed by atoms with Crippen LogP contribution in [-0.4, -0.2) is 26.6 Å². The smallest absolute Gasteiger partial charge is 0.119 e. The maximum absolute atomic E-state index is 8.51. The van der Waals surface area contributed by atoms with Crippen LogP contribution in [-0.2, 0) is 6.42 Å². The Balaban J connectivity index is 1.60. The third-order valence-corrected chi connectivity index (χ3v) is 5.50. The van der Waals surface area contributed by atoms with Gasteiger partial charge in [0, 0.05) is 34.5 Å². The molecular weight excluding hydrogens is 320 g/mol. The van der Waals surface area contributed by atoms with Crippen LogP contribution in [0.25, 0.3) is 16.7 Å². The zero-order chi connectivity index (χ0) is 21.4. The van der Waals surface area contributed by atoms with Crippen LogP contribution in [0.15, 0.2) is 48.8 Å². The molecule has 2 aromatic carbocycles. The lowest BCUT2D eigenvalue weighted by atomic mass is 10.0. The first-order chi connectivity index (χ1) is 14.1. The lowest BCUT2D eigenvalue weighted by Crippen LogP contribution is -2.40. The third-order valence-electron chi connectivity index (χ3n) is 5.50. The Kier molecular flexibility index (Phi) is 2.43. The van der Waals surface area contributed by atoms with E-state index in [-0.39, 0.29) is 6.17 Å². The SMILES string of the molecule is [2H]C([2H])([2H])C([2H])(C)N1C=CN(c2c(C)ccc3c2Cc2nc4ccccc4n2-3)[C@H]1C. The highest BCUT2D eigenvalue weighted by atomic mass is 15.4. The van der Waals surface area contributed by atoms with Crippen molar-refractivity contribution in [3.8, 4) is 5.69 Å². The van der Waals surface area contributed by atoms with Crippen molar-refractivity contribution in [1.82, 2.24) is 14.5 Å². The number of nitrogens with zero attached hydrogens (tertiary/aromatic N) is 4. The van der Waals surface area contributed by atoms with E-state index >= 15 is 0 Å². The average molecular weight is 348 g/mol. The van der Waals surface area contributed by atoms with E-state index in [2.05, 4.69) is 34.6 Å². The molecule has 0 N–H and O–H groups in total. The summed E-state index contributed by atoms with van der Waals surface area (Å²) >= 11 is 0. The van der Waals surface area contributed by atoms with Crippen LogP contribution in [0.3, 0.4) is 0 Å². The molecule has 0 saturated heterocycles. The average Bonchev–Trinajstić information content (AvgIpc) is 3.32. The zero-order valence-electron chi connectivity index (χ0n) is 19.2. The largest absolute Gasteiger partial charge is 0.353 e. The molecule has 2 aliphatic heterocycles. The van der Waals surface area contributed by atoms with E-state index in [1.807, 2.05) is 31.3 Å². The third kappa shape index (κ3) is 1.99. The molecule has 0 aliphatic carbocycles. The fourth-order valence-electron chi connectivity index (χ4n) is 4.29. The van der Waals surface area contributed by atoms with Crippen LogP contribution in [0.4, 0.5) is 5.69 Å². The molecule has 2 aliphatic rings. The topological polar surface area (TPSA) is 24.3 Å².